The first-order chi connectivity index (χ1) is 17.4. The third-order valence-electron chi connectivity index (χ3n) is 6.89. The van der Waals surface area contributed by atoms with Crippen molar-refractivity contribution in [2.24, 2.45) is 0 Å². The van der Waals surface area contributed by atoms with Gasteiger partial charge in [0.25, 0.3) is 5.91 Å². The molecule has 2 N–H and O–H groups in total. The van der Waals surface area contributed by atoms with Crippen LogP contribution < -0.4 is 10.6 Å². The molecule has 10 heteroatoms. The molecular weight excluding hydrogens is 511 g/mol. The second-order valence-electron chi connectivity index (χ2n) is 10.5. The van der Waals surface area contributed by atoms with Gasteiger partial charge < -0.3 is 15.5 Å². The maximum Gasteiger partial charge on any atom is 0.258 e. The minimum absolute atomic E-state index is 0.160. The molecule has 202 valence electrons. The molecule has 2 aliphatic rings. The quantitative estimate of drug-likeness (QED) is 0.338. The van der Waals surface area contributed by atoms with Crippen molar-refractivity contribution in [1.29, 1.82) is 0 Å². The predicted octanol–water partition coefficient (Wildman–Crippen LogP) is 4.37. The van der Waals surface area contributed by atoms with Crippen molar-refractivity contribution >= 4 is 42.2 Å². The van der Waals surface area contributed by atoms with Crippen LogP contribution in [0.5, 0.6) is 0 Å². The van der Waals surface area contributed by atoms with Gasteiger partial charge in [0, 0.05) is 23.9 Å². The number of nitrogens with one attached hydrogen (secondary N) is 2. The third kappa shape index (κ3) is 7.31. The van der Waals surface area contributed by atoms with Crippen LogP contribution in [-0.2, 0) is 20.9 Å². The minimum Gasteiger partial charge on any atom is -0.355 e. The summed E-state index contributed by atoms with van der Waals surface area (Å²) in [6.45, 7) is 10.9. The Kier molecular flexibility index (Phi) is 9.39. The molecule has 2 aromatic rings. The van der Waals surface area contributed by atoms with Crippen LogP contribution in [-0.4, -0.2) is 57.2 Å². The number of nitrogens with zero attached hydrogens (tertiary/aromatic N) is 2. The van der Waals surface area contributed by atoms with E-state index >= 15 is 0 Å². The molecule has 0 radical (unpaired) electrons. The highest BCUT2D eigenvalue weighted by Crippen LogP contribution is 2.40. The smallest absolute Gasteiger partial charge is 0.258 e. The fraction of sp³-hybridized carbons (Fsp3) is 0.556. The molecule has 1 aromatic heterocycles. The summed E-state index contributed by atoms with van der Waals surface area (Å²) in [5.74, 6) is -0.836. The molecule has 2 atom stereocenters. The second-order valence-corrected chi connectivity index (χ2v) is 12.5. The van der Waals surface area contributed by atoms with E-state index in [4.69, 9.17) is 0 Å². The van der Waals surface area contributed by atoms with Crippen LogP contribution in [0.4, 0.5) is 4.39 Å². The van der Waals surface area contributed by atoms with E-state index in [1.54, 1.807) is 30.1 Å². The fourth-order valence-electron chi connectivity index (χ4n) is 4.33. The molecule has 0 spiro atoms. The van der Waals surface area contributed by atoms with Gasteiger partial charge >= 0.3 is 0 Å². The Labute approximate surface area is 228 Å². The van der Waals surface area contributed by atoms with Crippen LogP contribution in [0.3, 0.4) is 0 Å². The molecule has 2 fully saturated rings. The average molecular weight is 549 g/mol. The molecule has 37 heavy (non-hydrogen) atoms. The number of benzene rings is 1. The monoisotopic (exact) mass is 548 g/mol. The minimum atomic E-state index is -1.77. The van der Waals surface area contributed by atoms with E-state index in [1.807, 2.05) is 19.4 Å². The van der Waals surface area contributed by atoms with E-state index in [0.29, 0.717) is 13.1 Å². The van der Waals surface area contributed by atoms with Crippen molar-refractivity contribution in [3.05, 3.63) is 40.5 Å². The van der Waals surface area contributed by atoms with Crippen LogP contribution in [0.15, 0.2) is 23.7 Å². The van der Waals surface area contributed by atoms with Crippen molar-refractivity contribution in [1.82, 2.24) is 20.5 Å². The Morgan fingerprint density at radius 2 is 2.05 bits per heavy atom. The summed E-state index contributed by atoms with van der Waals surface area (Å²) >= 11 is 6.07. The van der Waals surface area contributed by atoms with Gasteiger partial charge in [-0.25, -0.2) is 9.37 Å². The summed E-state index contributed by atoms with van der Waals surface area (Å²) in [6.07, 6.45) is 3.14. The normalized spacial score (nSPS) is 18.9. The molecule has 7 nitrogen and oxygen atoms in total. The highest BCUT2D eigenvalue weighted by molar-refractivity contribution is 7.81. The summed E-state index contributed by atoms with van der Waals surface area (Å²) in [4.78, 5) is 42.0. The highest BCUT2D eigenvalue weighted by atomic mass is 32.1. The van der Waals surface area contributed by atoms with Gasteiger partial charge in [0.1, 0.15) is 6.04 Å². The number of amides is 3. The van der Waals surface area contributed by atoms with Crippen molar-refractivity contribution in [2.45, 2.75) is 89.3 Å². The number of aromatic nitrogens is 1. The first-order valence-corrected chi connectivity index (χ1v) is 13.9. The molecule has 0 bridgehead atoms. The number of thiol groups is 1. The second kappa shape index (κ2) is 11.9. The lowest BCUT2D eigenvalue weighted by Gasteiger charge is -2.34. The van der Waals surface area contributed by atoms with Gasteiger partial charge in [0.05, 0.1) is 16.1 Å². The van der Waals surface area contributed by atoms with Gasteiger partial charge in [-0.2, -0.15) is 12.6 Å². The maximum atomic E-state index is 13.8. The van der Waals surface area contributed by atoms with Crippen LogP contribution in [0.25, 0.3) is 10.4 Å². The zero-order valence-electron chi connectivity index (χ0n) is 22.1. The van der Waals surface area contributed by atoms with Gasteiger partial charge in [0.15, 0.2) is 5.67 Å². The number of aryl methyl sites for hydroxylation is 2. The van der Waals surface area contributed by atoms with Crippen molar-refractivity contribution in [3.63, 3.8) is 0 Å². The van der Waals surface area contributed by atoms with E-state index in [1.165, 1.54) is 16.0 Å². The standard InChI is InChI=1S/C14H23FN2O2S.C13H14N2OS/c1-9-5-4-8-17(9)11(18)10(13(2,3)20)16-12(19)14(15)6-7-14;1-9-5-11(13-10(2)15-8-17-13)3-4-12(9)6-14-7-16/h9-10,20H,4-8H2,1-3H3,(H,16,19);3-5,7-8H,6H2,1-2H3,(H,14,16). The van der Waals surface area contributed by atoms with E-state index in [9.17, 15) is 18.8 Å². The van der Waals surface area contributed by atoms with Crippen LogP contribution in [0.1, 0.15) is 63.3 Å². The average Bonchev–Trinajstić information content (AvgIpc) is 3.22. The number of thiazole rings is 1. The van der Waals surface area contributed by atoms with Crippen molar-refractivity contribution in [3.8, 4) is 10.4 Å². The van der Waals surface area contributed by atoms with E-state index < -0.39 is 22.4 Å². The Balaban J connectivity index is 0.000000208. The summed E-state index contributed by atoms with van der Waals surface area (Å²) < 4.78 is 13.1. The Morgan fingerprint density at radius 1 is 1.35 bits per heavy atom. The zero-order valence-corrected chi connectivity index (χ0v) is 23.8. The number of hydrogen-bond donors (Lipinski definition) is 3. The molecule has 3 amide bonds. The fourth-order valence-corrected chi connectivity index (χ4v) is 5.31. The summed E-state index contributed by atoms with van der Waals surface area (Å²) in [5, 5.41) is 5.26. The summed E-state index contributed by atoms with van der Waals surface area (Å²) in [7, 11) is 0. The third-order valence-corrected chi connectivity index (χ3v) is 8.12. The van der Waals surface area contributed by atoms with Crippen LogP contribution >= 0.6 is 24.0 Å². The number of carbonyl (C=O) groups is 3. The summed E-state index contributed by atoms with van der Waals surface area (Å²) in [5.41, 5.74) is 4.67. The molecule has 2 heterocycles. The lowest BCUT2D eigenvalue weighted by molar-refractivity contribution is -0.139. The maximum absolute atomic E-state index is 13.8. The van der Waals surface area contributed by atoms with E-state index in [-0.39, 0.29) is 24.8 Å². The Bertz CT molecular complexity index is 1130. The first-order valence-electron chi connectivity index (χ1n) is 12.6. The van der Waals surface area contributed by atoms with Crippen LogP contribution in [0, 0.1) is 13.8 Å². The van der Waals surface area contributed by atoms with Crippen molar-refractivity contribution < 1.29 is 18.8 Å². The van der Waals surface area contributed by atoms with Crippen molar-refractivity contribution in [2.75, 3.05) is 6.54 Å². The molecule has 1 aliphatic heterocycles. The summed E-state index contributed by atoms with van der Waals surface area (Å²) in [6, 6.07) is 5.64. The molecule has 1 saturated heterocycles. The SMILES string of the molecule is CC1CCCN1C(=O)C(NC(=O)C1(F)CC1)C(C)(C)S.Cc1cc(-c2scnc2C)ccc1CNC=O. The number of likely N-dealkylation sites (tertiary alicyclic amines) is 1. The van der Waals surface area contributed by atoms with Crippen LogP contribution in [0.2, 0.25) is 0 Å². The number of carbonyl (C=O) groups excluding carboxylic acids is 3. The predicted molar refractivity (Wildman–Crippen MR) is 148 cm³/mol. The number of halogens is 1. The largest absolute Gasteiger partial charge is 0.355 e. The number of rotatable bonds is 8. The molecule has 1 saturated carbocycles. The Hall–Kier alpha value is -2.46. The van der Waals surface area contributed by atoms with E-state index in [2.05, 4.69) is 53.4 Å². The molecule has 4 rings (SSSR count). The van der Waals surface area contributed by atoms with Gasteiger partial charge in [-0.05, 0) is 77.0 Å². The lowest BCUT2D eigenvalue weighted by atomic mass is 10.0. The zero-order chi connectivity index (χ0) is 27.4. The molecule has 2 unspecified atom stereocenters. The topological polar surface area (TPSA) is 91.4 Å². The number of alkyl halides is 1. The Morgan fingerprint density at radius 3 is 2.54 bits per heavy atom. The van der Waals surface area contributed by atoms with Gasteiger partial charge in [0.2, 0.25) is 12.3 Å². The highest BCUT2D eigenvalue weighted by Gasteiger charge is 2.53. The molecule has 1 aliphatic carbocycles. The van der Waals surface area contributed by atoms with Gasteiger partial charge in [-0.1, -0.05) is 18.2 Å². The molecule has 1 aromatic carbocycles. The number of hydrogen-bond acceptors (Lipinski definition) is 6. The lowest BCUT2D eigenvalue weighted by Crippen LogP contribution is -2.58. The molecular formula is C27H37FN4O3S2. The first kappa shape index (κ1) is 29.1. The van der Waals surface area contributed by atoms with Gasteiger partial charge in [-0.15, -0.1) is 11.3 Å². The van der Waals surface area contributed by atoms with E-state index in [0.717, 1.165) is 30.5 Å². The van der Waals surface area contributed by atoms with Gasteiger partial charge in [-0.3, -0.25) is 14.4 Å².